The van der Waals surface area contributed by atoms with Crippen LogP contribution in [0.3, 0.4) is 0 Å². The van der Waals surface area contributed by atoms with Crippen molar-refractivity contribution in [3.05, 3.63) is 47.5 Å². The van der Waals surface area contributed by atoms with Crippen LogP contribution in [0.2, 0.25) is 0 Å². The summed E-state index contributed by atoms with van der Waals surface area (Å²) in [5, 5.41) is 6.20. The van der Waals surface area contributed by atoms with Crippen molar-refractivity contribution in [2.45, 2.75) is 20.3 Å². The van der Waals surface area contributed by atoms with Gasteiger partial charge in [-0.05, 0) is 37.1 Å². The molecule has 1 amide bonds. The minimum absolute atomic E-state index is 0.0831. The van der Waals surface area contributed by atoms with Gasteiger partial charge in [0.2, 0.25) is 5.91 Å². The normalized spacial score (nSPS) is 10.2. The fourth-order valence-electron chi connectivity index (χ4n) is 2.52. The predicted molar refractivity (Wildman–Crippen MR) is 97.2 cm³/mol. The van der Waals surface area contributed by atoms with E-state index in [1.165, 1.54) is 11.1 Å². The maximum atomic E-state index is 12.2. The van der Waals surface area contributed by atoms with E-state index in [0.29, 0.717) is 30.2 Å². The zero-order chi connectivity index (χ0) is 17.5. The van der Waals surface area contributed by atoms with Gasteiger partial charge >= 0.3 is 0 Å². The van der Waals surface area contributed by atoms with Crippen molar-refractivity contribution in [2.75, 3.05) is 31.4 Å². The number of ether oxygens (including phenoxy) is 2. The molecule has 0 heterocycles. The minimum Gasteiger partial charge on any atom is -0.497 e. The standard InChI is InChI=1S/C19H24N2O3/c1-13-6-5-7-14(2)19(13)20-11-10-18(22)21-16-12-15(23-3)8-9-17(16)24-4/h5-9,12,20H,10-11H2,1-4H3,(H,21,22). The Morgan fingerprint density at radius 3 is 2.38 bits per heavy atom. The summed E-state index contributed by atoms with van der Waals surface area (Å²) in [7, 11) is 3.15. The van der Waals surface area contributed by atoms with Crippen LogP contribution in [0, 0.1) is 13.8 Å². The maximum Gasteiger partial charge on any atom is 0.226 e. The highest BCUT2D eigenvalue weighted by Crippen LogP contribution is 2.29. The second-order valence-electron chi connectivity index (χ2n) is 5.56. The molecule has 0 aromatic heterocycles. The third-order valence-corrected chi connectivity index (χ3v) is 3.82. The molecule has 24 heavy (non-hydrogen) atoms. The van der Waals surface area contributed by atoms with Crippen molar-refractivity contribution in [1.82, 2.24) is 0 Å². The van der Waals surface area contributed by atoms with Crippen LogP contribution in [0.4, 0.5) is 11.4 Å². The molecule has 5 heteroatoms. The van der Waals surface area contributed by atoms with Crippen LogP contribution in [0.25, 0.3) is 0 Å². The minimum atomic E-state index is -0.0831. The van der Waals surface area contributed by atoms with Gasteiger partial charge in [0.25, 0.3) is 0 Å². The van der Waals surface area contributed by atoms with Gasteiger partial charge in [-0.1, -0.05) is 18.2 Å². The second kappa shape index (κ2) is 8.24. The Morgan fingerprint density at radius 2 is 1.75 bits per heavy atom. The molecule has 2 aromatic rings. The summed E-state index contributed by atoms with van der Waals surface area (Å²) in [4.78, 5) is 12.2. The lowest BCUT2D eigenvalue weighted by atomic mass is 10.1. The molecule has 0 aliphatic rings. The molecule has 2 rings (SSSR count). The molecule has 0 unspecified atom stereocenters. The van der Waals surface area contributed by atoms with E-state index in [4.69, 9.17) is 9.47 Å². The van der Waals surface area contributed by atoms with E-state index < -0.39 is 0 Å². The van der Waals surface area contributed by atoms with Gasteiger partial charge < -0.3 is 20.1 Å². The lowest BCUT2D eigenvalue weighted by Crippen LogP contribution is -2.17. The monoisotopic (exact) mass is 328 g/mol. The number of hydrogen-bond donors (Lipinski definition) is 2. The van der Waals surface area contributed by atoms with Crippen molar-refractivity contribution in [3.8, 4) is 11.5 Å². The predicted octanol–water partition coefficient (Wildman–Crippen LogP) is 3.76. The Hall–Kier alpha value is -2.69. The van der Waals surface area contributed by atoms with Crippen LogP contribution in [-0.4, -0.2) is 26.7 Å². The Balaban J connectivity index is 1.94. The Labute approximate surface area is 143 Å². The summed E-state index contributed by atoms with van der Waals surface area (Å²) in [5.74, 6) is 1.19. The highest BCUT2D eigenvalue weighted by Gasteiger charge is 2.09. The summed E-state index contributed by atoms with van der Waals surface area (Å²) in [6.45, 7) is 4.66. The van der Waals surface area contributed by atoms with Crippen LogP contribution in [0.15, 0.2) is 36.4 Å². The van der Waals surface area contributed by atoms with Crippen molar-refractivity contribution in [1.29, 1.82) is 0 Å². The summed E-state index contributed by atoms with van der Waals surface area (Å²) in [6.07, 6.45) is 0.355. The first-order chi connectivity index (χ1) is 11.5. The largest absolute Gasteiger partial charge is 0.497 e. The summed E-state index contributed by atoms with van der Waals surface area (Å²) >= 11 is 0. The second-order valence-corrected chi connectivity index (χ2v) is 5.56. The number of amides is 1. The van der Waals surface area contributed by atoms with Gasteiger partial charge in [-0.2, -0.15) is 0 Å². The number of carbonyl (C=O) groups excluding carboxylic acids is 1. The smallest absolute Gasteiger partial charge is 0.226 e. The number of nitrogens with one attached hydrogen (secondary N) is 2. The van der Waals surface area contributed by atoms with E-state index in [1.807, 2.05) is 6.07 Å². The first-order valence-corrected chi connectivity index (χ1v) is 7.87. The van der Waals surface area contributed by atoms with E-state index in [0.717, 1.165) is 5.69 Å². The van der Waals surface area contributed by atoms with E-state index in [2.05, 4.69) is 36.6 Å². The van der Waals surface area contributed by atoms with Gasteiger partial charge in [0.15, 0.2) is 0 Å². The molecular weight excluding hydrogens is 304 g/mol. The van der Waals surface area contributed by atoms with Gasteiger partial charge in [0.1, 0.15) is 11.5 Å². The number of methoxy groups -OCH3 is 2. The fourth-order valence-corrected chi connectivity index (χ4v) is 2.52. The Bertz CT molecular complexity index is 694. The fraction of sp³-hybridized carbons (Fsp3) is 0.316. The Kier molecular flexibility index (Phi) is 6.07. The molecule has 0 saturated heterocycles. The van der Waals surface area contributed by atoms with Gasteiger partial charge in [0.05, 0.1) is 19.9 Å². The molecule has 0 atom stereocenters. The molecule has 2 N–H and O–H groups in total. The zero-order valence-corrected chi connectivity index (χ0v) is 14.6. The van der Waals surface area contributed by atoms with Crippen molar-refractivity contribution in [3.63, 3.8) is 0 Å². The summed E-state index contributed by atoms with van der Waals surface area (Å²) in [5.41, 5.74) is 4.04. The van der Waals surface area contributed by atoms with E-state index in [1.54, 1.807) is 32.4 Å². The van der Waals surface area contributed by atoms with Gasteiger partial charge in [-0.3, -0.25) is 4.79 Å². The number of aryl methyl sites for hydroxylation is 2. The molecule has 0 radical (unpaired) electrons. The lowest BCUT2D eigenvalue weighted by Gasteiger charge is -2.14. The first-order valence-electron chi connectivity index (χ1n) is 7.87. The number of para-hydroxylation sites is 1. The van der Waals surface area contributed by atoms with Crippen LogP contribution < -0.4 is 20.1 Å². The third kappa shape index (κ3) is 4.41. The van der Waals surface area contributed by atoms with Crippen LogP contribution in [0.5, 0.6) is 11.5 Å². The van der Waals surface area contributed by atoms with Gasteiger partial charge in [-0.15, -0.1) is 0 Å². The molecule has 0 fully saturated rings. The van der Waals surface area contributed by atoms with Crippen molar-refractivity contribution >= 4 is 17.3 Å². The van der Waals surface area contributed by atoms with Crippen LogP contribution in [-0.2, 0) is 4.79 Å². The average Bonchev–Trinajstić information content (AvgIpc) is 2.57. The Morgan fingerprint density at radius 1 is 1.04 bits per heavy atom. The number of carbonyl (C=O) groups is 1. The van der Waals surface area contributed by atoms with Crippen LogP contribution >= 0.6 is 0 Å². The molecule has 0 aliphatic carbocycles. The van der Waals surface area contributed by atoms with E-state index >= 15 is 0 Å². The quantitative estimate of drug-likeness (QED) is 0.812. The van der Waals surface area contributed by atoms with Crippen molar-refractivity contribution in [2.24, 2.45) is 0 Å². The molecule has 2 aromatic carbocycles. The SMILES string of the molecule is COc1ccc(OC)c(NC(=O)CCNc2c(C)cccc2C)c1. The molecule has 0 saturated carbocycles. The maximum absolute atomic E-state index is 12.2. The molecule has 0 spiro atoms. The van der Waals surface area contributed by atoms with Gasteiger partial charge in [0, 0.05) is 24.7 Å². The summed E-state index contributed by atoms with van der Waals surface area (Å²) in [6, 6.07) is 11.4. The molecule has 0 bridgehead atoms. The van der Waals surface area contributed by atoms with Crippen molar-refractivity contribution < 1.29 is 14.3 Å². The topological polar surface area (TPSA) is 59.6 Å². The molecule has 5 nitrogen and oxygen atoms in total. The number of hydrogen-bond acceptors (Lipinski definition) is 4. The van der Waals surface area contributed by atoms with E-state index in [9.17, 15) is 4.79 Å². The summed E-state index contributed by atoms with van der Waals surface area (Å²) < 4.78 is 10.4. The molecular formula is C19H24N2O3. The molecule has 0 aliphatic heterocycles. The lowest BCUT2D eigenvalue weighted by molar-refractivity contribution is -0.116. The average molecular weight is 328 g/mol. The third-order valence-electron chi connectivity index (χ3n) is 3.82. The number of anilines is 2. The molecule has 128 valence electrons. The van der Waals surface area contributed by atoms with Crippen LogP contribution in [0.1, 0.15) is 17.5 Å². The van der Waals surface area contributed by atoms with E-state index in [-0.39, 0.29) is 5.91 Å². The zero-order valence-electron chi connectivity index (χ0n) is 14.6. The highest BCUT2D eigenvalue weighted by molar-refractivity contribution is 5.92. The highest BCUT2D eigenvalue weighted by atomic mass is 16.5. The number of benzene rings is 2. The number of rotatable bonds is 7. The first kappa shape index (κ1) is 17.7. The van der Waals surface area contributed by atoms with Gasteiger partial charge in [-0.25, -0.2) is 0 Å².